The minimum absolute atomic E-state index is 0.0314. The van der Waals surface area contributed by atoms with Crippen molar-refractivity contribution in [3.63, 3.8) is 0 Å². The van der Waals surface area contributed by atoms with Crippen LogP contribution in [0.4, 0.5) is 0 Å². The first kappa shape index (κ1) is 17.1. The highest BCUT2D eigenvalue weighted by Gasteiger charge is 2.40. The van der Waals surface area contributed by atoms with Gasteiger partial charge in [-0.15, -0.1) is 11.3 Å². The first-order valence-electron chi connectivity index (χ1n) is 9.10. The van der Waals surface area contributed by atoms with Crippen molar-refractivity contribution >= 4 is 11.3 Å². The van der Waals surface area contributed by atoms with Crippen LogP contribution in [0.5, 0.6) is 0 Å². The quantitative estimate of drug-likeness (QED) is 0.841. The van der Waals surface area contributed by atoms with Crippen LogP contribution in [0.1, 0.15) is 29.2 Å². The van der Waals surface area contributed by atoms with E-state index in [4.69, 9.17) is 4.74 Å². The van der Waals surface area contributed by atoms with Crippen LogP contribution in [-0.4, -0.2) is 58.2 Å². The molecule has 4 rings (SSSR count). The smallest absolute Gasteiger partial charge is 0.0936 e. The number of piperidine rings is 1. The fraction of sp³-hybridized carbons (Fsp3) is 0.579. The van der Waals surface area contributed by atoms with Crippen molar-refractivity contribution < 1.29 is 4.74 Å². The number of ether oxygens (including phenoxy) is 1. The Hall–Kier alpha value is -1.34. The predicted molar refractivity (Wildman–Crippen MR) is 99.6 cm³/mol. The maximum Gasteiger partial charge on any atom is 0.0936 e. The molecule has 0 bridgehead atoms. The molecular formula is C19H26N4OS. The van der Waals surface area contributed by atoms with Gasteiger partial charge in [0.2, 0.25) is 0 Å². The highest BCUT2D eigenvalue weighted by molar-refractivity contribution is 7.09. The summed E-state index contributed by atoms with van der Waals surface area (Å²) >= 11 is 1.74. The molecule has 2 aliphatic heterocycles. The molecule has 1 spiro atoms. The Morgan fingerprint density at radius 3 is 2.76 bits per heavy atom. The molecule has 2 saturated heterocycles. The van der Waals surface area contributed by atoms with Crippen LogP contribution in [0.25, 0.3) is 0 Å². The molecule has 4 heterocycles. The SMILES string of the molecule is Cc1nc(CN2CCOC3(CCCN(Cc4ccccn4)C3)C2)cs1. The van der Waals surface area contributed by atoms with E-state index < -0.39 is 0 Å². The van der Waals surface area contributed by atoms with Crippen molar-refractivity contribution in [2.75, 3.05) is 32.8 Å². The number of likely N-dealkylation sites (tertiary alicyclic amines) is 1. The second kappa shape index (κ2) is 7.50. The second-order valence-corrected chi connectivity index (χ2v) is 8.30. The highest BCUT2D eigenvalue weighted by atomic mass is 32.1. The molecule has 0 saturated carbocycles. The first-order chi connectivity index (χ1) is 12.2. The Bertz CT molecular complexity index is 688. The molecule has 134 valence electrons. The van der Waals surface area contributed by atoms with Crippen LogP contribution in [0.2, 0.25) is 0 Å². The predicted octanol–water partition coefficient (Wildman–Crippen LogP) is 2.71. The van der Waals surface area contributed by atoms with Gasteiger partial charge in [-0.25, -0.2) is 4.98 Å². The van der Waals surface area contributed by atoms with Gasteiger partial charge in [0, 0.05) is 44.3 Å². The molecule has 2 fully saturated rings. The first-order valence-corrected chi connectivity index (χ1v) is 9.98. The summed E-state index contributed by atoms with van der Waals surface area (Å²) in [7, 11) is 0. The zero-order chi connectivity index (χ0) is 17.1. The van der Waals surface area contributed by atoms with E-state index in [0.29, 0.717) is 0 Å². The van der Waals surface area contributed by atoms with E-state index in [-0.39, 0.29) is 5.60 Å². The second-order valence-electron chi connectivity index (χ2n) is 7.24. The number of hydrogen-bond donors (Lipinski definition) is 0. The number of morpholine rings is 1. The minimum Gasteiger partial charge on any atom is -0.371 e. The number of nitrogens with zero attached hydrogens (tertiary/aromatic N) is 4. The van der Waals surface area contributed by atoms with E-state index in [9.17, 15) is 0 Å². The molecule has 1 unspecified atom stereocenters. The monoisotopic (exact) mass is 358 g/mol. The molecule has 25 heavy (non-hydrogen) atoms. The van der Waals surface area contributed by atoms with Crippen molar-refractivity contribution in [2.45, 2.75) is 38.5 Å². The summed E-state index contributed by atoms with van der Waals surface area (Å²) in [5, 5.41) is 3.34. The van der Waals surface area contributed by atoms with Gasteiger partial charge < -0.3 is 4.74 Å². The third kappa shape index (κ3) is 4.26. The molecule has 5 nitrogen and oxygen atoms in total. The van der Waals surface area contributed by atoms with Crippen molar-refractivity contribution in [3.8, 4) is 0 Å². The third-order valence-electron chi connectivity index (χ3n) is 5.11. The molecule has 0 aliphatic carbocycles. The molecular weight excluding hydrogens is 332 g/mol. The van der Waals surface area contributed by atoms with Gasteiger partial charge in [-0.3, -0.25) is 14.8 Å². The molecule has 0 radical (unpaired) electrons. The lowest BCUT2D eigenvalue weighted by Gasteiger charge is -2.48. The van der Waals surface area contributed by atoms with Crippen molar-refractivity contribution in [1.82, 2.24) is 19.8 Å². The Labute approximate surface area is 153 Å². The van der Waals surface area contributed by atoms with Crippen molar-refractivity contribution in [1.29, 1.82) is 0 Å². The van der Waals surface area contributed by atoms with E-state index in [1.165, 1.54) is 12.1 Å². The van der Waals surface area contributed by atoms with Crippen molar-refractivity contribution in [3.05, 3.63) is 46.2 Å². The Morgan fingerprint density at radius 1 is 1.16 bits per heavy atom. The summed E-state index contributed by atoms with van der Waals surface area (Å²) in [6.45, 7) is 8.88. The van der Waals surface area contributed by atoms with Gasteiger partial charge in [-0.05, 0) is 38.4 Å². The number of aryl methyl sites for hydroxylation is 1. The molecule has 0 N–H and O–H groups in total. The summed E-state index contributed by atoms with van der Waals surface area (Å²) in [6, 6.07) is 6.15. The largest absolute Gasteiger partial charge is 0.371 e. The van der Waals surface area contributed by atoms with E-state index in [1.807, 2.05) is 12.3 Å². The van der Waals surface area contributed by atoms with Gasteiger partial charge in [-0.1, -0.05) is 6.07 Å². The maximum atomic E-state index is 6.33. The molecule has 2 aromatic heterocycles. The van der Waals surface area contributed by atoms with E-state index >= 15 is 0 Å². The average molecular weight is 359 g/mol. The summed E-state index contributed by atoms with van der Waals surface area (Å²) in [4.78, 5) is 14.1. The average Bonchev–Trinajstić information content (AvgIpc) is 3.01. The lowest BCUT2D eigenvalue weighted by molar-refractivity contribution is -0.143. The maximum absolute atomic E-state index is 6.33. The fourth-order valence-corrected chi connectivity index (χ4v) is 4.67. The number of hydrogen-bond acceptors (Lipinski definition) is 6. The van der Waals surface area contributed by atoms with Crippen LogP contribution in [0, 0.1) is 6.92 Å². The number of aromatic nitrogens is 2. The van der Waals surface area contributed by atoms with Gasteiger partial charge in [0.1, 0.15) is 0 Å². The topological polar surface area (TPSA) is 41.5 Å². The number of pyridine rings is 1. The molecule has 2 aromatic rings. The Kier molecular flexibility index (Phi) is 5.12. The van der Waals surface area contributed by atoms with Crippen LogP contribution >= 0.6 is 11.3 Å². The number of rotatable bonds is 4. The lowest BCUT2D eigenvalue weighted by atomic mass is 9.90. The standard InChI is InChI=1S/C19H26N4OS/c1-16-21-18(13-25-16)12-23-9-10-24-19(15-23)6-4-8-22(14-19)11-17-5-2-3-7-20-17/h2-3,5,7,13H,4,6,8-12,14-15H2,1H3. The Morgan fingerprint density at radius 2 is 2.00 bits per heavy atom. The van der Waals surface area contributed by atoms with Gasteiger partial charge in [0.25, 0.3) is 0 Å². The molecule has 1 atom stereocenters. The van der Waals surface area contributed by atoms with Crippen LogP contribution in [-0.2, 0) is 17.8 Å². The van der Waals surface area contributed by atoms with E-state index in [2.05, 4.69) is 44.2 Å². The number of thiazole rings is 1. The van der Waals surface area contributed by atoms with Gasteiger partial charge >= 0.3 is 0 Å². The highest BCUT2D eigenvalue weighted by Crippen LogP contribution is 2.30. The van der Waals surface area contributed by atoms with Crippen LogP contribution in [0.3, 0.4) is 0 Å². The van der Waals surface area contributed by atoms with Crippen LogP contribution in [0.15, 0.2) is 29.8 Å². The third-order valence-corrected chi connectivity index (χ3v) is 5.93. The summed E-state index contributed by atoms with van der Waals surface area (Å²) in [5.74, 6) is 0. The summed E-state index contributed by atoms with van der Waals surface area (Å²) in [6.07, 6.45) is 4.22. The fourth-order valence-electron chi connectivity index (χ4n) is 4.06. The Balaban J connectivity index is 1.39. The van der Waals surface area contributed by atoms with Crippen molar-refractivity contribution in [2.24, 2.45) is 0 Å². The van der Waals surface area contributed by atoms with Crippen LogP contribution < -0.4 is 0 Å². The molecule has 0 aromatic carbocycles. The minimum atomic E-state index is -0.0314. The van der Waals surface area contributed by atoms with Gasteiger partial charge in [-0.2, -0.15) is 0 Å². The van der Waals surface area contributed by atoms with Gasteiger partial charge in [0.15, 0.2) is 0 Å². The zero-order valence-corrected chi connectivity index (χ0v) is 15.7. The van der Waals surface area contributed by atoms with Gasteiger partial charge in [0.05, 0.1) is 28.6 Å². The summed E-state index contributed by atoms with van der Waals surface area (Å²) in [5.41, 5.74) is 2.31. The van der Waals surface area contributed by atoms with E-state index in [1.54, 1.807) is 11.3 Å². The molecule has 6 heteroatoms. The van der Waals surface area contributed by atoms with E-state index in [0.717, 1.165) is 63.0 Å². The lowest BCUT2D eigenvalue weighted by Crippen LogP contribution is -2.59. The normalized spacial score (nSPS) is 25.5. The summed E-state index contributed by atoms with van der Waals surface area (Å²) < 4.78 is 6.33. The molecule has 2 aliphatic rings. The zero-order valence-electron chi connectivity index (χ0n) is 14.9. The molecule has 0 amide bonds.